The van der Waals surface area contributed by atoms with Gasteiger partial charge in [0.15, 0.2) is 5.96 Å². The monoisotopic (exact) mass is 227 g/mol. The van der Waals surface area contributed by atoms with Crippen molar-refractivity contribution in [1.82, 2.24) is 0 Å². The lowest BCUT2D eigenvalue weighted by atomic mass is 10.0. The zero-order valence-electron chi connectivity index (χ0n) is 10.5. The van der Waals surface area contributed by atoms with Crippen LogP contribution in [0.1, 0.15) is 6.92 Å². The summed E-state index contributed by atoms with van der Waals surface area (Å²) in [5, 5.41) is 0. The fraction of sp³-hybridized carbons (Fsp3) is 0.909. The van der Waals surface area contributed by atoms with Crippen LogP contribution in [0.5, 0.6) is 0 Å². The standard InChI is InChI=1S/C11H25N5/c1-10(9-14-11(12)13)16-6-3-15(2,4-7-16)5-8-16/h10H,3-9H2,1-2H3,(H4,12,13,14)/q+2/t10-,15?,16?/m0/s1. The number of fused-ring (bicyclic) bond motifs is 3. The van der Waals surface area contributed by atoms with Gasteiger partial charge in [0.25, 0.3) is 0 Å². The molecule has 16 heavy (non-hydrogen) atoms. The molecule has 3 aliphatic heterocycles. The highest BCUT2D eigenvalue weighted by Crippen LogP contribution is 2.27. The Morgan fingerprint density at radius 3 is 2.06 bits per heavy atom. The highest BCUT2D eigenvalue weighted by Gasteiger charge is 2.49. The predicted molar refractivity (Wildman–Crippen MR) is 65.8 cm³/mol. The van der Waals surface area contributed by atoms with Crippen LogP contribution >= 0.6 is 0 Å². The average Bonchev–Trinajstić information content (AvgIpc) is 2.27. The molecule has 3 aliphatic rings. The minimum absolute atomic E-state index is 0.222. The van der Waals surface area contributed by atoms with Crippen LogP contribution in [0.15, 0.2) is 4.99 Å². The molecule has 5 heteroatoms. The molecule has 3 heterocycles. The minimum atomic E-state index is 0.222. The van der Waals surface area contributed by atoms with E-state index in [1.54, 1.807) is 0 Å². The maximum atomic E-state index is 5.40. The molecule has 0 spiro atoms. The molecule has 0 radical (unpaired) electrons. The average molecular weight is 227 g/mol. The molecule has 92 valence electrons. The molecule has 3 fully saturated rings. The van der Waals surface area contributed by atoms with E-state index in [0.717, 1.165) is 6.54 Å². The zero-order valence-corrected chi connectivity index (χ0v) is 10.5. The van der Waals surface area contributed by atoms with Crippen molar-refractivity contribution in [3.63, 3.8) is 0 Å². The van der Waals surface area contributed by atoms with Crippen LogP contribution in [-0.2, 0) is 0 Å². The van der Waals surface area contributed by atoms with Gasteiger partial charge in [0, 0.05) is 0 Å². The van der Waals surface area contributed by atoms with Crippen LogP contribution in [0, 0.1) is 0 Å². The van der Waals surface area contributed by atoms with Gasteiger partial charge in [-0.05, 0) is 6.92 Å². The summed E-state index contributed by atoms with van der Waals surface area (Å²) >= 11 is 0. The normalized spacial score (nSPS) is 39.4. The third-order valence-corrected chi connectivity index (χ3v) is 4.73. The van der Waals surface area contributed by atoms with E-state index in [1.807, 2.05) is 0 Å². The lowest BCUT2D eigenvalue weighted by molar-refractivity contribution is -1.08. The van der Waals surface area contributed by atoms with Crippen molar-refractivity contribution in [3.05, 3.63) is 0 Å². The number of nitrogens with two attached hydrogens (primary N) is 2. The number of aliphatic imine (C=N–C) groups is 1. The quantitative estimate of drug-likeness (QED) is 0.367. The van der Waals surface area contributed by atoms with E-state index >= 15 is 0 Å². The number of hydrogen-bond donors (Lipinski definition) is 2. The lowest BCUT2D eigenvalue weighted by Gasteiger charge is -2.56. The summed E-state index contributed by atoms with van der Waals surface area (Å²) in [4.78, 5) is 4.18. The number of guanidine groups is 1. The smallest absolute Gasteiger partial charge is 0.186 e. The summed E-state index contributed by atoms with van der Waals surface area (Å²) in [6.07, 6.45) is 0. The van der Waals surface area contributed by atoms with Gasteiger partial charge in [0.2, 0.25) is 0 Å². The molecule has 4 N–H and O–H groups in total. The zero-order chi connectivity index (χ0) is 11.8. The molecule has 0 aromatic heterocycles. The van der Waals surface area contributed by atoms with Gasteiger partial charge < -0.3 is 20.4 Å². The first-order valence-corrected chi connectivity index (χ1v) is 6.21. The molecule has 3 rings (SSSR count). The molecular formula is C11H25N5+2. The van der Waals surface area contributed by atoms with Gasteiger partial charge in [-0.25, -0.2) is 4.99 Å². The lowest BCUT2D eigenvalue weighted by Crippen LogP contribution is -2.76. The molecular weight excluding hydrogens is 202 g/mol. The van der Waals surface area contributed by atoms with Gasteiger partial charge >= 0.3 is 0 Å². The van der Waals surface area contributed by atoms with Crippen molar-refractivity contribution < 1.29 is 8.97 Å². The summed E-state index contributed by atoms with van der Waals surface area (Å²) in [6, 6.07) is 0.552. The second kappa shape index (κ2) is 3.89. The highest BCUT2D eigenvalue weighted by atomic mass is 15.5. The van der Waals surface area contributed by atoms with E-state index in [1.165, 1.54) is 48.2 Å². The van der Waals surface area contributed by atoms with Crippen molar-refractivity contribution in [2.75, 3.05) is 52.9 Å². The Morgan fingerprint density at radius 2 is 1.62 bits per heavy atom. The first kappa shape index (κ1) is 11.7. The number of nitrogens with zero attached hydrogens (tertiary/aromatic N) is 3. The first-order chi connectivity index (χ1) is 7.46. The topological polar surface area (TPSA) is 64.4 Å². The van der Waals surface area contributed by atoms with Gasteiger partial charge in [-0.2, -0.15) is 0 Å². The Morgan fingerprint density at radius 1 is 1.12 bits per heavy atom. The SMILES string of the molecule is C[C@@H](CN=C(N)N)[N+]12CC[N+](C)(CC1)CC2. The van der Waals surface area contributed by atoms with E-state index in [-0.39, 0.29) is 5.96 Å². The van der Waals surface area contributed by atoms with E-state index in [2.05, 4.69) is 19.0 Å². The molecule has 0 aliphatic carbocycles. The van der Waals surface area contributed by atoms with Gasteiger partial charge in [-0.15, -0.1) is 0 Å². The molecule has 1 atom stereocenters. The van der Waals surface area contributed by atoms with Gasteiger partial charge in [0.05, 0.1) is 13.6 Å². The van der Waals surface area contributed by atoms with Crippen molar-refractivity contribution in [3.8, 4) is 0 Å². The molecule has 5 nitrogen and oxygen atoms in total. The van der Waals surface area contributed by atoms with Gasteiger partial charge in [-0.1, -0.05) is 0 Å². The summed E-state index contributed by atoms with van der Waals surface area (Å²) < 4.78 is 2.50. The molecule has 2 bridgehead atoms. The number of quaternary nitrogens is 2. The third-order valence-electron chi connectivity index (χ3n) is 4.73. The summed E-state index contributed by atoms with van der Waals surface area (Å²) in [6.45, 7) is 10.9. The summed E-state index contributed by atoms with van der Waals surface area (Å²) in [7, 11) is 2.38. The Balaban J connectivity index is 2.01. The molecule has 0 aromatic carbocycles. The second-order valence-corrected chi connectivity index (χ2v) is 5.79. The number of piperazine rings is 3. The van der Waals surface area contributed by atoms with Crippen LogP contribution in [0.4, 0.5) is 0 Å². The third kappa shape index (κ3) is 2.01. The summed E-state index contributed by atoms with van der Waals surface area (Å²) in [5.74, 6) is 0.222. The molecule has 0 aromatic rings. The fourth-order valence-corrected chi connectivity index (χ4v) is 3.06. The van der Waals surface area contributed by atoms with Gasteiger partial charge in [0.1, 0.15) is 45.3 Å². The Labute approximate surface area is 97.9 Å². The van der Waals surface area contributed by atoms with Crippen LogP contribution in [0.25, 0.3) is 0 Å². The number of likely N-dealkylation sites (N-methyl/N-ethyl adjacent to an activating group) is 1. The van der Waals surface area contributed by atoms with E-state index in [9.17, 15) is 0 Å². The predicted octanol–water partition coefficient (Wildman–Crippen LogP) is -1.06. The van der Waals surface area contributed by atoms with Crippen LogP contribution in [-0.4, -0.2) is 73.8 Å². The Kier molecular flexibility index (Phi) is 2.84. The molecule has 0 unspecified atom stereocenters. The Hall–Kier alpha value is -0.810. The van der Waals surface area contributed by atoms with E-state index in [0.29, 0.717) is 6.04 Å². The van der Waals surface area contributed by atoms with Gasteiger partial charge in [-0.3, -0.25) is 0 Å². The Bertz CT molecular complexity index is 270. The fourth-order valence-electron chi connectivity index (χ4n) is 3.06. The van der Waals surface area contributed by atoms with Crippen LogP contribution in [0.2, 0.25) is 0 Å². The van der Waals surface area contributed by atoms with Crippen LogP contribution < -0.4 is 11.5 Å². The van der Waals surface area contributed by atoms with Crippen molar-refractivity contribution in [2.24, 2.45) is 16.5 Å². The second-order valence-electron chi connectivity index (χ2n) is 5.79. The largest absolute Gasteiger partial charge is 0.370 e. The highest BCUT2D eigenvalue weighted by molar-refractivity contribution is 5.75. The molecule has 0 saturated carbocycles. The maximum Gasteiger partial charge on any atom is 0.186 e. The van der Waals surface area contributed by atoms with Crippen molar-refractivity contribution in [2.45, 2.75) is 13.0 Å². The molecule has 3 saturated heterocycles. The van der Waals surface area contributed by atoms with Crippen LogP contribution in [0.3, 0.4) is 0 Å². The first-order valence-electron chi connectivity index (χ1n) is 6.21. The maximum absolute atomic E-state index is 5.40. The number of hydrogen-bond acceptors (Lipinski definition) is 1. The van der Waals surface area contributed by atoms with Crippen molar-refractivity contribution >= 4 is 5.96 Å². The van der Waals surface area contributed by atoms with E-state index < -0.39 is 0 Å². The molecule has 0 amide bonds. The minimum Gasteiger partial charge on any atom is -0.370 e. The van der Waals surface area contributed by atoms with Crippen molar-refractivity contribution in [1.29, 1.82) is 0 Å². The number of rotatable bonds is 3. The summed E-state index contributed by atoms with van der Waals surface area (Å²) in [5.41, 5.74) is 10.8. The van der Waals surface area contributed by atoms with E-state index in [4.69, 9.17) is 11.5 Å².